The van der Waals surface area contributed by atoms with E-state index in [1.807, 2.05) is 0 Å². The second-order valence-corrected chi connectivity index (χ2v) is 7.00. The highest BCUT2D eigenvalue weighted by Crippen LogP contribution is 2.26. The third-order valence-corrected chi connectivity index (χ3v) is 5.09. The molecule has 1 saturated heterocycles. The van der Waals surface area contributed by atoms with Gasteiger partial charge in [0, 0.05) is 17.2 Å². The summed E-state index contributed by atoms with van der Waals surface area (Å²) in [4.78, 5) is 13.3. The monoisotopic (exact) mass is 359 g/mol. The van der Waals surface area contributed by atoms with Gasteiger partial charge < -0.3 is 24.6 Å². The van der Waals surface area contributed by atoms with Crippen molar-refractivity contribution >= 4 is 35.2 Å². The number of ether oxygens (including phenoxy) is 2. The molecule has 0 saturated carbocycles. The minimum absolute atomic E-state index is 0.0768. The van der Waals surface area contributed by atoms with Crippen molar-refractivity contribution in [1.29, 1.82) is 0 Å². The van der Waals surface area contributed by atoms with E-state index in [0.717, 1.165) is 28.9 Å². The fourth-order valence-corrected chi connectivity index (χ4v) is 3.75. The van der Waals surface area contributed by atoms with Crippen LogP contribution in [0.3, 0.4) is 0 Å². The molecular weight excluding hydrogens is 338 g/mol. The maximum atomic E-state index is 11.2. The zero-order chi connectivity index (χ0) is 16.5. The Hall–Kier alpha value is -1.09. The van der Waals surface area contributed by atoms with Crippen LogP contribution in [0.25, 0.3) is 0 Å². The lowest BCUT2D eigenvalue weighted by Crippen LogP contribution is -2.23. The van der Waals surface area contributed by atoms with Crippen LogP contribution in [-0.2, 0) is 9.47 Å². The van der Waals surface area contributed by atoms with E-state index in [1.165, 1.54) is 12.1 Å². The van der Waals surface area contributed by atoms with Gasteiger partial charge in [-0.05, 0) is 18.2 Å². The molecule has 1 fully saturated rings. The van der Waals surface area contributed by atoms with Crippen molar-refractivity contribution in [2.45, 2.75) is 0 Å². The molecule has 2 N–H and O–H groups in total. The maximum Gasteiger partial charge on any atom is 0.339 e. The molecule has 23 heavy (non-hydrogen) atoms. The van der Waals surface area contributed by atoms with E-state index in [4.69, 9.17) is 14.6 Å². The molecule has 1 aliphatic heterocycles. The number of rotatable bonds is 2. The predicted octanol–water partition coefficient (Wildman–Crippen LogP) is 2.33. The third kappa shape index (κ3) is 6.14. The molecule has 0 spiro atoms. The van der Waals surface area contributed by atoms with Crippen LogP contribution < -0.4 is 4.90 Å². The molecule has 0 bridgehead atoms. The Morgan fingerprint density at radius 1 is 1.04 bits per heavy atom. The van der Waals surface area contributed by atoms with Crippen molar-refractivity contribution in [3.63, 3.8) is 0 Å². The number of hydrogen-bond donors (Lipinski definition) is 2. The Bertz CT molecular complexity index is 501. The van der Waals surface area contributed by atoms with E-state index in [1.54, 1.807) is 29.6 Å². The molecule has 8 heteroatoms. The van der Waals surface area contributed by atoms with Gasteiger partial charge in [0.15, 0.2) is 0 Å². The van der Waals surface area contributed by atoms with Crippen molar-refractivity contribution in [3.05, 3.63) is 23.8 Å². The van der Waals surface area contributed by atoms with Gasteiger partial charge in [0.05, 0.1) is 38.2 Å². The number of thioether (sulfide) groups is 2. The van der Waals surface area contributed by atoms with Crippen molar-refractivity contribution in [3.8, 4) is 5.75 Å². The fourth-order valence-electron chi connectivity index (χ4n) is 1.99. The molecule has 2 rings (SSSR count). The molecule has 0 aromatic heterocycles. The van der Waals surface area contributed by atoms with E-state index in [9.17, 15) is 9.90 Å². The van der Waals surface area contributed by atoms with Gasteiger partial charge in [-0.15, -0.1) is 23.5 Å². The molecule has 0 aliphatic carbocycles. The lowest BCUT2D eigenvalue weighted by Gasteiger charge is -2.24. The van der Waals surface area contributed by atoms with Crippen LogP contribution in [0.2, 0.25) is 0 Å². The number of phenols is 1. The van der Waals surface area contributed by atoms with Crippen LogP contribution in [0.5, 0.6) is 5.75 Å². The molecule has 1 aromatic carbocycles. The first-order chi connectivity index (χ1) is 11.2. The Morgan fingerprint density at radius 2 is 1.65 bits per heavy atom. The van der Waals surface area contributed by atoms with E-state index in [2.05, 4.69) is 4.90 Å². The summed E-state index contributed by atoms with van der Waals surface area (Å²) in [6, 6.07) is 4.69. The van der Waals surface area contributed by atoms with Gasteiger partial charge in [-0.2, -0.15) is 0 Å². The second kappa shape index (κ2) is 9.92. The summed E-state index contributed by atoms with van der Waals surface area (Å²) in [5, 5.41) is 18.8. The number of nitrogens with zero attached hydrogens (tertiary/aromatic N) is 1. The predicted molar refractivity (Wildman–Crippen MR) is 93.8 cm³/mol. The summed E-state index contributed by atoms with van der Waals surface area (Å²) in [6.45, 7) is 2.58. The number of aromatic carboxylic acids is 1. The molecule has 0 radical (unpaired) electrons. The Balaban J connectivity index is 2.06. The Kier molecular flexibility index (Phi) is 7.87. The zero-order valence-electron chi connectivity index (χ0n) is 12.8. The number of hydrogen-bond acceptors (Lipinski definition) is 7. The highest BCUT2D eigenvalue weighted by molar-refractivity contribution is 8.00. The highest BCUT2D eigenvalue weighted by Gasteiger charge is 2.14. The summed E-state index contributed by atoms with van der Waals surface area (Å²) in [5.41, 5.74) is 0.712. The topological polar surface area (TPSA) is 79.2 Å². The molecule has 6 nitrogen and oxygen atoms in total. The van der Waals surface area contributed by atoms with Gasteiger partial charge in [-0.1, -0.05) is 0 Å². The van der Waals surface area contributed by atoms with E-state index >= 15 is 0 Å². The normalized spacial score (nSPS) is 18.5. The largest absolute Gasteiger partial charge is 0.507 e. The third-order valence-electron chi connectivity index (χ3n) is 3.19. The van der Waals surface area contributed by atoms with Gasteiger partial charge >= 0.3 is 5.97 Å². The van der Waals surface area contributed by atoms with Gasteiger partial charge in [0.1, 0.15) is 11.3 Å². The first kappa shape index (κ1) is 18.3. The second-order valence-electron chi connectivity index (χ2n) is 4.85. The number of anilines is 1. The van der Waals surface area contributed by atoms with Crippen LogP contribution in [0.15, 0.2) is 18.2 Å². The van der Waals surface area contributed by atoms with Gasteiger partial charge in [-0.25, -0.2) is 4.79 Å². The lowest BCUT2D eigenvalue weighted by molar-refractivity contribution is 0.0605. The average molecular weight is 359 g/mol. The van der Waals surface area contributed by atoms with Crippen LogP contribution in [0.1, 0.15) is 10.4 Å². The molecule has 1 heterocycles. The molecule has 0 amide bonds. The maximum absolute atomic E-state index is 11.2. The smallest absolute Gasteiger partial charge is 0.339 e. The van der Waals surface area contributed by atoms with Crippen molar-refractivity contribution in [2.75, 3.05) is 54.6 Å². The molecule has 128 valence electrons. The molecule has 1 aliphatic rings. The van der Waals surface area contributed by atoms with Crippen molar-refractivity contribution in [2.24, 2.45) is 0 Å². The van der Waals surface area contributed by atoms with E-state index < -0.39 is 5.97 Å². The number of carboxylic acid groups (broad SMARTS) is 1. The van der Waals surface area contributed by atoms with Crippen LogP contribution in [-0.4, -0.2) is 65.9 Å². The summed E-state index contributed by atoms with van der Waals surface area (Å²) < 4.78 is 10.9. The van der Waals surface area contributed by atoms with Crippen LogP contribution in [0.4, 0.5) is 5.69 Å². The number of benzene rings is 1. The lowest BCUT2D eigenvalue weighted by atomic mass is 10.1. The van der Waals surface area contributed by atoms with Crippen LogP contribution in [0, 0.1) is 0 Å². The fraction of sp³-hybridized carbons (Fsp3) is 0.533. The van der Waals surface area contributed by atoms with Crippen molar-refractivity contribution in [1.82, 2.24) is 0 Å². The number of carboxylic acids is 1. The molecule has 0 unspecified atom stereocenters. The van der Waals surface area contributed by atoms with Gasteiger partial charge in [0.25, 0.3) is 0 Å². The molecule has 1 aromatic rings. The van der Waals surface area contributed by atoms with Gasteiger partial charge in [-0.3, -0.25) is 0 Å². The van der Waals surface area contributed by atoms with Gasteiger partial charge in [0.2, 0.25) is 0 Å². The summed E-state index contributed by atoms with van der Waals surface area (Å²) in [7, 11) is 0. The highest BCUT2D eigenvalue weighted by atomic mass is 32.2. The van der Waals surface area contributed by atoms with E-state index in [-0.39, 0.29) is 11.3 Å². The minimum atomic E-state index is -1.13. The standard InChI is InChI=1S/C15H21NO5S2/c17-14-2-1-12(9-13(14)15(18)19)16-10-22-7-5-20-3-4-21-6-8-23-11-16/h1-2,9,17H,3-8,10-11H2,(H,18,19). The quantitative estimate of drug-likeness (QED) is 0.833. The van der Waals surface area contributed by atoms with E-state index in [0.29, 0.717) is 26.4 Å². The SMILES string of the molecule is O=C(O)c1cc(N2CSCCOCCOCCSC2)ccc1O. The zero-order valence-corrected chi connectivity index (χ0v) is 14.4. The molecule has 0 atom stereocenters. The summed E-state index contributed by atoms with van der Waals surface area (Å²) in [6.07, 6.45) is 0. The first-order valence-electron chi connectivity index (χ1n) is 7.30. The Morgan fingerprint density at radius 3 is 2.22 bits per heavy atom. The first-order valence-corrected chi connectivity index (χ1v) is 9.61. The minimum Gasteiger partial charge on any atom is -0.507 e. The number of carbonyl (C=O) groups is 1. The molecular formula is C15H21NO5S2. The van der Waals surface area contributed by atoms with Crippen molar-refractivity contribution < 1.29 is 24.5 Å². The average Bonchev–Trinajstić information content (AvgIpc) is 2.56. The Labute approximate surface area is 144 Å². The van der Waals surface area contributed by atoms with Crippen LogP contribution >= 0.6 is 23.5 Å². The summed E-state index contributed by atoms with van der Waals surface area (Å²) in [5.74, 6) is 1.87. The number of aromatic hydroxyl groups is 1. The summed E-state index contributed by atoms with van der Waals surface area (Å²) >= 11 is 3.47.